The van der Waals surface area contributed by atoms with E-state index >= 15 is 0 Å². The van der Waals surface area contributed by atoms with Gasteiger partial charge in [0.05, 0.1) is 24.1 Å². The third-order valence-corrected chi connectivity index (χ3v) is 6.43. The van der Waals surface area contributed by atoms with Gasteiger partial charge in [-0.3, -0.25) is 9.59 Å². The highest BCUT2D eigenvalue weighted by Crippen LogP contribution is 2.35. The summed E-state index contributed by atoms with van der Waals surface area (Å²) in [7, 11) is 1.26. The number of esters is 1. The Balaban J connectivity index is 1.76. The zero-order valence-electron chi connectivity index (χ0n) is 18.8. The van der Waals surface area contributed by atoms with E-state index in [4.69, 9.17) is 16.3 Å². The van der Waals surface area contributed by atoms with Crippen molar-refractivity contribution >= 4 is 28.5 Å². The maximum absolute atomic E-state index is 13.6. The summed E-state index contributed by atoms with van der Waals surface area (Å²) in [5.74, 6) is -1.67. The molecule has 0 aliphatic heterocycles. The Morgan fingerprint density at radius 2 is 1.91 bits per heavy atom. The quantitative estimate of drug-likeness (QED) is 0.334. The number of methoxy groups -OCH3 is 1. The lowest BCUT2D eigenvalue weighted by atomic mass is 9.88. The number of aryl methyl sites for hydroxylation is 2. The number of phenolic OH excluding ortho intramolecular Hbond substituents is 1. The average molecular weight is 481 g/mol. The van der Waals surface area contributed by atoms with E-state index in [9.17, 15) is 19.8 Å². The molecule has 0 unspecified atom stereocenters. The number of hydrogen-bond donors (Lipinski definition) is 3. The molecule has 8 heteroatoms. The minimum Gasteiger partial charge on any atom is -0.507 e. The molecule has 4 aromatic rings. The highest BCUT2D eigenvalue weighted by atomic mass is 35.5. The molecule has 2 aromatic carbocycles. The first-order valence-corrected chi connectivity index (χ1v) is 11.2. The van der Waals surface area contributed by atoms with Gasteiger partial charge in [0.1, 0.15) is 11.5 Å². The Labute approximate surface area is 201 Å². The lowest BCUT2D eigenvalue weighted by Crippen LogP contribution is -2.29. The number of aromatic hydroxyl groups is 2. The van der Waals surface area contributed by atoms with Crippen molar-refractivity contribution in [3.63, 3.8) is 0 Å². The molecule has 1 atom stereocenters. The molecular formula is C26H25ClN2O5. The minimum atomic E-state index is -0.807. The van der Waals surface area contributed by atoms with Crippen molar-refractivity contribution in [3.8, 4) is 11.5 Å². The average Bonchev–Trinajstić information content (AvgIpc) is 3.23. The van der Waals surface area contributed by atoms with Gasteiger partial charge in [0.25, 0.3) is 5.56 Å². The van der Waals surface area contributed by atoms with E-state index in [0.29, 0.717) is 24.2 Å². The summed E-state index contributed by atoms with van der Waals surface area (Å²) in [6.45, 7) is 2.15. The van der Waals surface area contributed by atoms with E-state index in [0.717, 1.165) is 16.5 Å². The van der Waals surface area contributed by atoms with Crippen molar-refractivity contribution in [2.24, 2.45) is 0 Å². The lowest BCUT2D eigenvalue weighted by molar-refractivity contribution is -0.140. The largest absolute Gasteiger partial charge is 0.507 e. The van der Waals surface area contributed by atoms with E-state index in [1.54, 1.807) is 17.6 Å². The number of halogens is 1. The number of carbonyl (C=O) groups is 1. The highest BCUT2D eigenvalue weighted by molar-refractivity contribution is 6.32. The van der Waals surface area contributed by atoms with Crippen LogP contribution in [0.4, 0.5) is 0 Å². The van der Waals surface area contributed by atoms with E-state index in [1.807, 2.05) is 30.5 Å². The van der Waals surface area contributed by atoms with Crippen LogP contribution in [0.5, 0.6) is 11.5 Å². The number of hydrogen-bond acceptors (Lipinski definition) is 5. The van der Waals surface area contributed by atoms with Crippen LogP contribution in [0.2, 0.25) is 5.02 Å². The van der Waals surface area contributed by atoms with Crippen molar-refractivity contribution in [1.29, 1.82) is 0 Å². The molecule has 2 heterocycles. The second-order valence-corrected chi connectivity index (χ2v) is 8.60. The van der Waals surface area contributed by atoms with Gasteiger partial charge in [-0.15, -0.1) is 0 Å². The van der Waals surface area contributed by atoms with Crippen LogP contribution in [0.1, 0.15) is 34.7 Å². The molecule has 0 bridgehead atoms. The maximum atomic E-state index is 13.6. The summed E-state index contributed by atoms with van der Waals surface area (Å²) in [6, 6.07) is 13.9. The molecule has 0 aliphatic rings. The van der Waals surface area contributed by atoms with Crippen LogP contribution in [-0.2, 0) is 22.5 Å². The van der Waals surface area contributed by atoms with Crippen LogP contribution in [0.15, 0.2) is 59.5 Å². The van der Waals surface area contributed by atoms with Crippen molar-refractivity contribution in [3.05, 3.63) is 92.5 Å². The fourth-order valence-corrected chi connectivity index (χ4v) is 4.51. The zero-order chi connectivity index (χ0) is 24.4. The van der Waals surface area contributed by atoms with Crippen LogP contribution < -0.4 is 5.56 Å². The highest BCUT2D eigenvalue weighted by Gasteiger charge is 2.27. The zero-order valence-corrected chi connectivity index (χ0v) is 19.6. The van der Waals surface area contributed by atoms with Gasteiger partial charge in [-0.2, -0.15) is 0 Å². The molecule has 4 rings (SSSR count). The number of aromatic nitrogens is 2. The summed E-state index contributed by atoms with van der Waals surface area (Å²) in [5, 5.41) is 21.8. The fourth-order valence-electron chi connectivity index (χ4n) is 4.32. The summed E-state index contributed by atoms with van der Waals surface area (Å²) >= 11 is 6.09. The van der Waals surface area contributed by atoms with E-state index < -0.39 is 17.4 Å². The smallest absolute Gasteiger partial charge is 0.306 e. The molecule has 176 valence electrons. The molecule has 0 fully saturated rings. The van der Waals surface area contributed by atoms with E-state index in [-0.39, 0.29) is 28.5 Å². The topological polar surface area (TPSA) is 105 Å². The molecule has 0 radical (unpaired) electrons. The van der Waals surface area contributed by atoms with Gasteiger partial charge in [-0.25, -0.2) is 0 Å². The molecule has 0 aliphatic carbocycles. The van der Waals surface area contributed by atoms with Crippen LogP contribution >= 0.6 is 11.6 Å². The Kier molecular flexibility index (Phi) is 6.65. The molecule has 0 amide bonds. The van der Waals surface area contributed by atoms with Gasteiger partial charge >= 0.3 is 5.97 Å². The van der Waals surface area contributed by atoms with Gasteiger partial charge in [-0.05, 0) is 48.7 Å². The Morgan fingerprint density at radius 3 is 2.65 bits per heavy atom. The maximum Gasteiger partial charge on any atom is 0.306 e. The van der Waals surface area contributed by atoms with E-state index in [2.05, 4.69) is 4.98 Å². The number of rotatable bonds is 7. The molecule has 2 aromatic heterocycles. The van der Waals surface area contributed by atoms with Crippen molar-refractivity contribution in [1.82, 2.24) is 9.55 Å². The van der Waals surface area contributed by atoms with E-state index in [1.165, 1.54) is 25.3 Å². The number of H-pyrrole nitrogens is 1. The number of benzene rings is 2. The Bertz CT molecular complexity index is 1420. The van der Waals surface area contributed by atoms with Crippen LogP contribution in [0, 0.1) is 6.92 Å². The first kappa shape index (κ1) is 23.4. The monoisotopic (exact) mass is 480 g/mol. The summed E-state index contributed by atoms with van der Waals surface area (Å²) < 4.78 is 6.43. The van der Waals surface area contributed by atoms with Crippen molar-refractivity contribution < 1.29 is 19.7 Å². The predicted molar refractivity (Wildman–Crippen MR) is 131 cm³/mol. The number of para-hydroxylation sites is 1. The molecule has 7 nitrogen and oxygen atoms in total. The number of carbonyl (C=O) groups excluding carboxylic acids is 1. The second kappa shape index (κ2) is 9.65. The molecule has 0 spiro atoms. The molecule has 3 N–H and O–H groups in total. The lowest BCUT2D eigenvalue weighted by Gasteiger charge is -2.21. The molecular weight excluding hydrogens is 456 g/mol. The Morgan fingerprint density at radius 1 is 1.15 bits per heavy atom. The fraction of sp³-hybridized carbons (Fsp3) is 0.231. The number of nitrogens with one attached hydrogen (secondary N) is 1. The van der Waals surface area contributed by atoms with Crippen molar-refractivity contribution in [2.75, 3.05) is 7.11 Å². The first-order chi connectivity index (χ1) is 16.3. The van der Waals surface area contributed by atoms with Gasteiger partial charge in [0, 0.05) is 35.3 Å². The standard InChI is InChI=1S/C26H25ClN2O5/c1-15-11-23(31)25(19(13-24(32)34-2)16-7-8-22(30)20(27)12-16)26(33)29(15)10-9-17-14-28-21-6-4-3-5-18(17)21/h3-8,11-12,14,19,28,30-31H,9-10,13H2,1-2H3/t19-/m1/s1. The summed E-state index contributed by atoms with van der Waals surface area (Å²) in [4.78, 5) is 29.1. The van der Waals surface area contributed by atoms with Crippen molar-refractivity contribution in [2.45, 2.75) is 32.2 Å². The second-order valence-electron chi connectivity index (χ2n) is 8.19. The molecule has 0 saturated heterocycles. The molecule has 0 saturated carbocycles. The van der Waals surface area contributed by atoms with Crippen LogP contribution in [-0.4, -0.2) is 32.8 Å². The van der Waals surface area contributed by atoms with Crippen LogP contribution in [0.25, 0.3) is 10.9 Å². The number of nitrogens with zero attached hydrogens (tertiary/aromatic N) is 1. The van der Waals surface area contributed by atoms with Gasteiger partial charge in [0.2, 0.25) is 0 Å². The van der Waals surface area contributed by atoms with Gasteiger partial charge in [-0.1, -0.05) is 35.9 Å². The summed E-state index contributed by atoms with van der Waals surface area (Å²) in [5.41, 5.74) is 2.90. The number of pyridine rings is 1. The summed E-state index contributed by atoms with van der Waals surface area (Å²) in [6.07, 6.45) is 2.36. The third kappa shape index (κ3) is 4.52. The van der Waals surface area contributed by atoms with Gasteiger partial charge < -0.3 is 24.5 Å². The normalized spacial score (nSPS) is 12.1. The predicted octanol–water partition coefficient (Wildman–Crippen LogP) is 4.64. The molecule has 34 heavy (non-hydrogen) atoms. The number of fused-ring (bicyclic) bond motifs is 1. The third-order valence-electron chi connectivity index (χ3n) is 6.12. The first-order valence-electron chi connectivity index (χ1n) is 10.8. The Hall–Kier alpha value is -3.71. The number of phenols is 1. The SMILES string of the molecule is COC(=O)C[C@H](c1ccc(O)c(Cl)c1)c1c(O)cc(C)n(CCc2c[nH]c3ccccc23)c1=O. The van der Waals surface area contributed by atoms with Gasteiger partial charge in [0.15, 0.2) is 0 Å². The minimum absolute atomic E-state index is 0.0803. The number of ether oxygens (including phenoxy) is 1. The number of aromatic amines is 1. The van der Waals surface area contributed by atoms with Crippen LogP contribution in [0.3, 0.4) is 0 Å².